The summed E-state index contributed by atoms with van der Waals surface area (Å²) in [4.78, 5) is 5.05. The van der Waals surface area contributed by atoms with E-state index in [4.69, 9.17) is 5.11 Å². The van der Waals surface area contributed by atoms with Crippen molar-refractivity contribution in [3.63, 3.8) is 0 Å². The second-order valence-corrected chi connectivity index (χ2v) is 4.27. The quantitative estimate of drug-likeness (QED) is 0.606. The molecule has 0 spiro atoms. The molecule has 2 N–H and O–H groups in total. The summed E-state index contributed by atoms with van der Waals surface area (Å²) in [5.74, 6) is 0. The molecule has 2 saturated heterocycles. The molecule has 14 heavy (non-hydrogen) atoms. The van der Waals surface area contributed by atoms with Crippen LogP contribution in [-0.4, -0.2) is 73.4 Å². The molecule has 82 valence electrons. The highest BCUT2D eigenvalue weighted by Crippen LogP contribution is 2.09. The van der Waals surface area contributed by atoms with Gasteiger partial charge in [0.05, 0.1) is 0 Å². The van der Waals surface area contributed by atoms with Crippen LogP contribution in [-0.2, 0) is 0 Å². The number of aliphatic hydroxyl groups is 1. The summed E-state index contributed by atoms with van der Waals surface area (Å²) >= 11 is 0. The van der Waals surface area contributed by atoms with Gasteiger partial charge in [-0.2, -0.15) is 0 Å². The van der Waals surface area contributed by atoms with Crippen molar-refractivity contribution in [3.05, 3.63) is 0 Å². The van der Waals surface area contributed by atoms with Gasteiger partial charge in [0.1, 0.15) is 0 Å². The molecule has 4 heteroatoms. The normalized spacial score (nSPS) is 26.4. The van der Waals surface area contributed by atoms with Crippen LogP contribution in [0.3, 0.4) is 0 Å². The van der Waals surface area contributed by atoms with Gasteiger partial charge in [0.15, 0.2) is 0 Å². The Hall–Kier alpha value is -0.160. The van der Waals surface area contributed by atoms with E-state index in [0.717, 1.165) is 19.0 Å². The second kappa shape index (κ2) is 5.07. The summed E-state index contributed by atoms with van der Waals surface area (Å²) in [6.45, 7) is 8.51. The molecule has 2 heterocycles. The van der Waals surface area contributed by atoms with E-state index in [1.54, 1.807) is 0 Å². The lowest BCUT2D eigenvalue weighted by Crippen LogP contribution is -2.61. The van der Waals surface area contributed by atoms with E-state index in [9.17, 15) is 0 Å². The topological polar surface area (TPSA) is 38.7 Å². The van der Waals surface area contributed by atoms with E-state index in [1.165, 1.54) is 39.3 Å². The van der Waals surface area contributed by atoms with Gasteiger partial charge in [0.2, 0.25) is 0 Å². The van der Waals surface area contributed by atoms with E-state index in [1.807, 2.05) is 0 Å². The van der Waals surface area contributed by atoms with Crippen LogP contribution >= 0.6 is 0 Å². The van der Waals surface area contributed by atoms with Crippen molar-refractivity contribution in [2.45, 2.75) is 12.5 Å². The zero-order valence-corrected chi connectivity index (χ0v) is 8.78. The highest BCUT2D eigenvalue weighted by Gasteiger charge is 2.27. The number of hydrogen-bond acceptors (Lipinski definition) is 4. The van der Waals surface area contributed by atoms with Crippen molar-refractivity contribution in [1.29, 1.82) is 0 Å². The maximum Gasteiger partial charge on any atom is 0.0443 e. The predicted molar refractivity (Wildman–Crippen MR) is 56.4 cm³/mol. The van der Waals surface area contributed by atoms with Crippen molar-refractivity contribution in [2.24, 2.45) is 0 Å². The van der Waals surface area contributed by atoms with Crippen LogP contribution in [0.5, 0.6) is 0 Å². The predicted octanol–water partition coefficient (Wildman–Crippen LogP) is -1.04. The third kappa shape index (κ3) is 2.45. The van der Waals surface area contributed by atoms with Crippen molar-refractivity contribution in [3.8, 4) is 0 Å². The van der Waals surface area contributed by atoms with E-state index in [-0.39, 0.29) is 0 Å². The molecule has 0 bridgehead atoms. The molecule has 0 aromatic carbocycles. The van der Waals surface area contributed by atoms with Gasteiger partial charge in [-0.1, -0.05) is 0 Å². The molecular weight excluding hydrogens is 178 g/mol. The first-order valence-electron chi connectivity index (χ1n) is 5.68. The molecular formula is C10H21N3O. The van der Waals surface area contributed by atoms with Crippen LogP contribution in [0, 0.1) is 0 Å². The van der Waals surface area contributed by atoms with E-state index in [0.29, 0.717) is 6.61 Å². The average Bonchev–Trinajstić information content (AvgIpc) is 2.14. The molecule has 2 aliphatic rings. The van der Waals surface area contributed by atoms with Crippen molar-refractivity contribution in [2.75, 3.05) is 52.4 Å². The smallest absolute Gasteiger partial charge is 0.0443 e. The first kappa shape index (κ1) is 10.4. The van der Waals surface area contributed by atoms with E-state index >= 15 is 0 Å². The fraction of sp³-hybridized carbons (Fsp3) is 1.00. The number of aliphatic hydroxyl groups excluding tert-OH is 1. The summed E-state index contributed by atoms with van der Waals surface area (Å²) in [6.07, 6.45) is 0.922. The van der Waals surface area contributed by atoms with Gasteiger partial charge in [0.25, 0.3) is 0 Å². The SMILES string of the molecule is OCCCN1CCN(C2CNC2)CC1. The molecule has 0 aromatic heterocycles. The minimum Gasteiger partial charge on any atom is -0.396 e. The highest BCUT2D eigenvalue weighted by molar-refractivity contribution is 4.87. The molecule has 0 radical (unpaired) electrons. The number of nitrogens with one attached hydrogen (secondary N) is 1. The summed E-state index contributed by atoms with van der Waals surface area (Å²) in [7, 11) is 0. The average molecular weight is 199 g/mol. The van der Waals surface area contributed by atoms with Crippen LogP contribution in [0.4, 0.5) is 0 Å². The minimum absolute atomic E-state index is 0.326. The lowest BCUT2D eigenvalue weighted by molar-refractivity contribution is 0.0699. The molecule has 2 aliphatic heterocycles. The Kier molecular flexibility index (Phi) is 3.75. The first-order chi connectivity index (χ1) is 6.90. The Labute approximate surface area is 85.9 Å². The summed E-state index contributed by atoms with van der Waals surface area (Å²) in [5, 5.41) is 12.1. The van der Waals surface area contributed by atoms with Crippen LogP contribution in [0.25, 0.3) is 0 Å². The Morgan fingerprint density at radius 3 is 2.36 bits per heavy atom. The zero-order valence-electron chi connectivity index (χ0n) is 8.78. The Bertz CT molecular complexity index is 165. The van der Waals surface area contributed by atoms with Gasteiger partial charge in [-0.3, -0.25) is 4.90 Å². The Morgan fingerprint density at radius 1 is 1.14 bits per heavy atom. The molecule has 2 fully saturated rings. The van der Waals surface area contributed by atoms with E-state index < -0.39 is 0 Å². The third-order valence-corrected chi connectivity index (χ3v) is 3.32. The van der Waals surface area contributed by atoms with Crippen molar-refractivity contribution < 1.29 is 5.11 Å². The van der Waals surface area contributed by atoms with Gasteiger partial charge >= 0.3 is 0 Å². The monoisotopic (exact) mass is 199 g/mol. The lowest BCUT2D eigenvalue weighted by atomic mass is 10.1. The van der Waals surface area contributed by atoms with Gasteiger partial charge in [-0.25, -0.2) is 0 Å². The number of nitrogens with zero attached hydrogens (tertiary/aromatic N) is 2. The molecule has 0 aliphatic carbocycles. The largest absolute Gasteiger partial charge is 0.396 e. The van der Waals surface area contributed by atoms with Crippen LogP contribution in [0.15, 0.2) is 0 Å². The number of hydrogen-bond donors (Lipinski definition) is 2. The fourth-order valence-electron chi connectivity index (χ4n) is 2.18. The van der Waals surface area contributed by atoms with Gasteiger partial charge in [0, 0.05) is 58.5 Å². The minimum atomic E-state index is 0.326. The molecule has 0 atom stereocenters. The molecule has 0 amide bonds. The first-order valence-corrected chi connectivity index (χ1v) is 5.68. The number of piperazine rings is 1. The van der Waals surface area contributed by atoms with Crippen LogP contribution in [0.2, 0.25) is 0 Å². The molecule has 0 unspecified atom stereocenters. The standard InChI is InChI=1S/C10H21N3O/c14-7-1-2-12-3-5-13(6-4-12)10-8-11-9-10/h10-11,14H,1-9H2. The molecule has 0 saturated carbocycles. The van der Waals surface area contributed by atoms with Crippen molar-refractivity contribution >= 4 is 0 Å². The highest BCUT2D eigenvalue weighted by atomic mass is 16.3. The zero-order chi connectivity index (χ0) is 9.80. The molecule has 2 rings (SSSR count). The van der Waals surface area contributed by atoms with E-state index in [2.05, 4.69) is 15.1 Å². The van der Waals surface area contributed by atoms with Gasteiger partial charge in [-0.05, 0) is 6.42 Å². The van der Waals surface area contributed by atoms with Crippen LogP contribution < -0.4 is 5.32 Å². The maximum absolute atomic E-state index is 8.74. The van der Waals surface area contributed by atoms with Crippen LogP contribution in [0.1, 0.15) is 6.42 Å². The third-order valence-electron chi connectivity index (χ3n) is 3.32. The summed E-state index contributed by atoms with van der Waals surface area (Å²) in [5.41, 5.74) is 0. The molecule has 0 aromatic rings. The van der Waals surface area contributed by atoms with Gasteiger partial charge in [-0.15, -0.1) is 0 Å². The Balaban J connectivity index is 1.64. The fourth-order valence-corrected chi connectivity index (χ4v) is 2.18. The summed E-state index contributed by atoms with van der Waals surface area (Å²) < 4.78 is 0. The maximum atomic E-state index is 8.74. The Morgan fingerprint density at radius 2 is 1.86 bits per heavy atom. The van der Waals surface area contributed by atoms with Crippen molar-refractivity contribution in [1.82, 2.24) is 15.1 Å². The van der Waals surface area contributed by atoms with Gasteiger partial charge < -0.3 is 15.3 Å². The number of rotatable bonds is 4. The second-order valence-electron chi connectivity index (χ2n) is 4.27. The lowest BCUT2D eigenvalue weighted by Gasteiger charge is -2.43. The summed E-state index contributed by atoms with van der Waals surface area (Å²) in [6, 6.07) is 0.801. The molecule has 4 nitrogen and oxygen atoms in total.